The summed E-state index contributed by atoms with van der Waals surface area (Å²) in [4.78, 5) is 22.4. The first kappa shape index (κ1) is 32.3. The Labute approximate surface area is 250 Å². The molecule has 0 atom stereocenters. The van der Waals surface area contributed by atoms with Gasteiger partial charge in [-0.3, -0.25) is 14.8 Å². The molecule has 0 aliphatic carbocycles. The first-order valence-corrected chi connectivity index (χ1v) is 14.8. The second-order valence-corrected chi connectivity index (χ2v) is 10.5. The maximum absolute atomic E-state index is 11.3. The van der Waals surface area contributed by atoms with Gasteiger partial charge in [-0.2, -0.15) is 0 Å². The number of rotatable bonds is 14. The molecule has 5 heteroatoms. The lowest BCUT2D eigenvalue weighted by Crippen LogP contribution is -2.20. The predicted molar refractivity (Wildman–Crippen MR) is 168 cm³/mol. The molecule has 0 aliphatic rings. The van der Waals surface area contributed by atoms with E-state index in [0.717, 1.165) is 56.1 Å². The average Bonchev–Trinajstić information content (AvgIpc) is 3.03. The molecule has 4 aromatic rings. The van der Waals surface area contributed by atoms with Crippen molar-refractivity contribution in [2.24, 2.45) is 0 Å². The van der Waals surface area contributed by atoms with E-state index in [1.54, 1.807) is 5.48 Å². The number of esters is 1. The molecule has 0 bridgehead atoms. The summed E-state index contributed by atoms with van der Waals surface area (Å²) >= 11 is 0. The summed E-state index contributed by atoms with van der Waals surface area (Å²) in [6.07, 6.45) is 9.51. The van der Waals surface area contributed by atoms with Gasteiger partial charge in [0.05, 0.1) is 20.0 Å². The zero-order valence-corrected chi connectivity index (χ0v) is 24.6. The molecule has 0 saturated carbocycles. The van der Waals surface area contributed by atoms with Crippen LogP contribution in [0.2, 0.25) is 0 Å². The number of carbonyl (C=O) groups is 2. The largest absolute Gasteiger partial charge is 0.469 e. The number of amides is 1. The fourth-order valence-corrected chi connectivity index (χ4v) is 4.86. The molecule has 0 fully saturated rings. The van der Waals surface area contributed by atoms with Crippen molar-refractivity contribution in [1.29, 1.82) is 0 Å². The highest BCUT2D eigenvalue weighted by atomic mass is 16.5. The average molecular weight is 566 g/mol. The summed E-state index contributed by atoms with van der Waals surface area (Å²) in [5, 5.41) is 8.55. The number of aryl methyl sites for hydroxylation is 4. The van der Waals surface area contributed by atoms with Gasteiger partial charge in [0.1, 0.15) is 0 Å². The number of hydrogen-bond acceptors (Lipinski definition) is 4. The second-order valence-electron chi connectivity index (χ2n) is 10.5. The van der Waals surface area contributed by atoms with Gasteiger partial charge >= 0.3 is 5.97 Å². The van der Waals surface area contributed by atoms with E-state index in [0.29, 0.717) is 6.42 Å². The molecule has 0 spiro atoms. The minimum absolute atomic E-state index is 0.184. The molecule has 0 heterocycles. The van der Waals surface area contributed by atoms with Gasteiger partial charge in [0.15, 0.2) is 0 Å². The molecule has 0 aromatic heterocycles. The van der Waals surface area contributed by atoms with Crippen molar-refractivity contribution in [2.45, 2.75) is 64.2 Å². The van der Waals surface area contributed by atoms with E-state index in [1.807, 2.05) is 36.4 Å². The zero-order valence-electron chi connectivity index (χ0n) is 24.6. The third-order valence-electron chi connectivity index (χ3n) is 7.10. The summed E-state index contributed by atoms with van der Waals surface area (Å²) in [5.74, 6) is -0.563. The lowest BCUT2D eigenvalue weighted by molar-refractivity contribution is -0.139. The first-order valence-electron chi connectivity index (χ1n) is 14.8. The van der Waals surface area contributed by atoms with Crippen LogP contribution >= 0.6 is 0 Å². The SMILES string of the molecule is COC(=O)Cc1cccc(CCCCc2ccccc2)c1.O=C(Cc1cccc(CCCCc2ccccc2)c1)NO. The summed E-state index contributed by atoms with van der Waals surface area (Å²) < 4.78 is 4.70. The predicted octanol–water partition coefficient (Wildman–Crippen LogP) is 7.27. The Bertz CT molecular complexity index is 1230. The number of unbranched alkanes of at least 4 members (excludes halogenated alkanes) is 2. The Balaban J connectivity index is 0.000000230. The van der Waals surface area contributed by atoms with Crippen molar-refractivity contribution in [3.8, 4) is 0 Å². The molecule has 4 rings (SSSR count). The van der Waals surface area contributed by atoms with E-state index < -0.39 is 0 Å². The Kier molecular flexibility index (Phi) is 14.6. The minimum Gasteiger partial charge on any atom is -0.469 e. The maximum Gasteiger partial charge on any atom is 0.309 e. The van der Waals surface area contributed by atoms with Crippen LogP contribution in [0.1, 0.15) is 59.1 Å². The van der Waals surface area contributed by atoms with Crippen molar-refractivity contribution in [1.82, 2.24) is 5.48 Å². The first-order chi connectivity index (χ1) is 20.6. The number of ether oxygens (including phenoxy) is 1. The molecular weight excluding hydrogens is 522 g/mol. The highest BCUT2D eigenvalue weighted by molar-refractivity contribution is 5.77. The fraction of sp³-hybridized carbons (Fsp3) is 0.297. The van der Waals surface area contributed by atoms with E-state index in [2.05, 4.69) is 72.8 Å². The van der Waals surface area contributed by atoms with E-state index in [-0.39, 0.29) is 18.3 Å². The van der Waals surface area contributed by atoms with Crippen LogP contribution in [-0.4, -0.2) is 24.2 Å². The smallest absolute Gasteiger partial charge is 0.309 e. The molecule has 0 aliphatic heterocycles. The molecular formula is C37H43NO4. The third-order valence-corrected chi connectivity index (χ3v) is 7.10. The zero-order chi connectivity index (χ0) is 29.8. The molecule has 220 valence electrons. The van der Waals surface area contributed by atoms with Crippen LogP contribution in [0.4, 0.5) is 0 Å². The van der Waals surface area contributed by atoms with E-state index >= 15 is 0 Å². The van der Waals surface area contributed by atoms with Gasteiger partial charge in [0.25, 0.3) is 0 Å². The lowest BCUT2D eigenvalue weighted by atomic mass is 10.0. The maximum atomic E-state index is 11.3. The number of benzene rings is 4. The Morgan fingerprint density at radius 3 is 1.36 bits per heavy atom. The molecule has 1 amide bonds. The standard InChI is InChI=1S/C19H22O2.C18H21NO2/c1-21-19(20)15-18-13-7-12-17(14-18)11-6-5-10-16-8-3-2-4-9-16;20-18(19-21)14-17-12-6-11-16(13-17)10-5-4-9-15-7-2-1-3-8-15/h2-4,7-9,12-14H,5-6,10-11,15H2,1H3;1-3,6-8,11-13,21H,4-5,9-10,14H2,(H,19,20). The van der Waals surface area contributed by atoms with Crippen LogP contribution in [0.25, 0.3) is 0 Å². The van der Waals surface area contributed by atoms with Gasteiger partial charge in [-0.25, -0.2) is 5.48 Å². The summed E-state index contributed by atoms with van der Waals surface area (Å²) in [5.41, 5.74) is 8.95. The Hall–Kier alpha value is -4.22. The molecule has 42 heavy (non-hydrogen) atoms. The number of carbonyl (C=O) groups excluding carboxylic acids is 2. The number of hydroxylamine groups is 1. The van der Waals surface area contributed by atoms with Gasteiger partial charge < -0.3 is 4.74 Å². The van der Waals surface area contributed by atoms with Crippen molar-refractivity contribution in [2.75, 3.05) is 7.11 Å². The molecule has 2 N–H and O–H groups in total. The summed E-state index contributed by atoms with van der Waals surface area (Å²) in [7, 11) is 1.43. The minimum atomic E-state index is -0.378. The van der Waals surface area contributed by atoms with E-state index in [1.165, 1.54) is 35.8 Å². The Morgan fingerprint density at radius 1 is 0.548 bits per heavy atom. The fourth-order valence-electron chi connectivity index (χ4n) is 4.86. The molecule has 0 unspecified atom stereocenters. The van der Waals surface area contributed by atoms with Crippen LogP contribution in [-0.2, 0) is 52.9 Å². The normalized spacial score (nSPS) is 10.3. The van der Waals surface area contributed by atoms with E-state index in [4.69, 9.17) is 9.94 Å². The monoisotopic (exact) mass is 565 g/mol. The van der Waals surface area contributed by atoms with Gasteiger partial charge in [-0.1, -0.05) is 109 Å². The van der Waals surface area contributed by atoms with Gasteiger partial charge in [0, 0.05) is 0 Å². The highest BCUT2D eigenvalue weighted by Crippen LogP contribution is 2.13. The second kappa shape index (κ2) is 19.0. The van der Waals surface area contributed by atoms with E-state index in [9.17, 15) is 9.59 Å². The molecule has 0 saturated heterocycles. The molecule has 4 aromatic carbocycles. The van der Waals surface area contributed by atoms with Gasteiger partial charge in [-0.15, -0.1) is 0 Å². The number of methoxy groups -OCH3 is 1. The summed E-state index contributed by atoms with van der Waals surface area (Å²) in [6.45, 7) is 0. The van der Waals surface area contributed by atoms with Crippen LogP contribution in [0.5, 0.6) is 0 Å². The van der Waals surface area contributed by atoms with Crippen molar-refractivity contribution in [3.63, 3.8) is 0 Å². The van der Waals surface area contributed by atoms with Gasteiger partial charge in [-0.05, 0) is 84.7 Å². The van der Waals surface area contributed by atoms with Crippen molar-refractivity contribution >= 4 is 11.9 Å². The molecule has 5 nitrogen and oxygen atoms in total. The van der Waals surface area contributed by atoms with Crippen LogP contribution in [0.3, 0.4) is 0 Å². The third kappa shape index (κ3) is 13.0. The summed E-state index contributed by atoms with van der Waals surface area (Å²) in [6, 6.07) is 37.3. The van der Waals surface area contributed by atoms with Crippen LogP contribution in [0.15, 0.2) is 109 Å². The lowest BCUT2D eigenvalue weighted by Gasteiger charge is -2.05. The van der Waals surface area contributed by atoms with Crippen molar-refractivity contribution < 1.29 is 19.5 Å². The van der Waals surface area contributed by atoms with Crippen LogP contribution < -0.4 is 5.48 Å². The molecule has 0 radical (unpaired) electrons. The van der Waals surface area contributed by atoms with Crippen LogP contribution in [0, 0.1) is 0 Å². The highest BCUT2D eigenvalue weighted by Gasteiger charge is 2.04. The topological polar surface area (TPSA) is 75.6 Å². The number of nitrogens with one attached hydrogen (secondary N) is 1. The number of hydrogen-bond donors (Lipinski definition) is 2. The van der Waals surface area contributed by atoms with Crippen molar-refractivity contribution in [3.05, 3.63) is 143 Å². The quantitative estimate of drug-likeness (QED) is 0.0730. The Morgan fingerprint density at radius 2 is 0.929 bits per heavy atom. The van der Waals surface area contributed by atoms with Gasteiger partial charge in [0.2, 0.25) is 5.91 Å².